The van der Waals surface area contributed by atoms with E-state index in [-0.39, 0.29) is 18.6 Å². The largest absolute Gasteiger partial charge is 0.479 e. The van der Waals surface area contributed by atoms with Crippen molar-refractivity contribution < 1.29 is 19.1 Å². The van der Waals surface area contributed by atoms with Crippen LogP contribution in [0.25, 0.3) is 0 Å². The van der Waals surface area contributed by atoms with Gasteiger partial charge in [-0.3, -0.25) is 4.79 Å². The second kappa shape index (κ2) is 9.08. The van der Waals surface area contributed by atoms with Crippen molar-refractivity contribution in [3.63, 3.8) is 0 Å². The number of ether oxygens (including phenoxy) is 2. The second-order valence-corrected chi connectivity index (χ2v) is 5.96. The Balaban J connectivity index is 1.76. The molecular formula is C19H20ClNO4. The number of carbonyl (C=O) groups excluding carboxylic acids is 2. The standard InChI is InChI=1S/C19H20ClNO4/c1-13(15-6-4-3-5-7-15)21-18(22)12-24-19(23)14(2)25-17-10-8-16(20)9-11-17/h3-11,13-14H,12H2,1-2H3,(H,21,22)/t13-,14+/m0/s1. The van der Waals surface area contributed by atoms with Crippen LogP contribution in [0.15, 0.2) is 54.6 Å². The molecule has 0 aliphatic carbocycles. The summed E-state index contributed by atoms with van der Waals surface area (Å²) in [6.07, 6.45) is -0.833. The molecule has 0 fully saturated rings. The number of hydrogen-bond donors (Lipinski definition) is 1. The first kappa shape index (κ1) is 18.8. The predicted molar refractivity (Wildman–Crippen MR) is 95.5 cm³/mol. The fourth-order valence-corrected chi connectivity index (χ4v) is 2.25. The van der Waals surface area contributed by atoms with Gasteiger partial charge in [-0.15, -0.1) is 0 Å². The molecule has 0 aromatic heterocycles. The monoisotopic (exact) mass is 361 g/mol. The van der Waals surface area contributed by atoms with Crippen molar-refractivity contribution in [1.29, 1.82) is 0 Å². The van der Waals surface area contributed by atoms with Gasteiger partial charge in [0.15, 0.2) is 12.7 Å². The summed E-state index contributed by atoms with van der Waals surface area (Å²) >= 11 is 5.79. The Kier molecular flexibility index (Phi) is 6.83. The summed E-state index contributed by atoms with van der Waals surface area (Å²) in [7, 11) is 0. The molecule has 1 amide bonds. The summed E-state index contributed by atoms with van der Waals surface area (Å²) in [6, 6.07) is 16.0. The van der Waals surface area contributed by atoms with Gasteiger partial charge < -0.3 is 14.8 Å². The first-order chi connectivity index (χ1) is 12.0. The third kappa shape index (κ3) is 6.12. The third-order valence-corrected chi connectivity index (χ3v) is 3.73. The Morgan fingerprint density at radius 2 is 1.68 bits per heavy atom. The quantitative estimate of drug-likeness (QED) is 0.766. The number of rotatable bonds is 7. The molecule has 0 radical (unpaired) electrons. The van der Waals surface area contributed by atoms with Gasteiger partial charge in [0.2, 0.25) is 0 Å². The SMILES string of the molecule is C[C@H](NC(=O)COC(=O)[C@@H](C)Oc1ccc(Cl)cc1)c1ccccc1. The highest BCUT2D eigenvalue weighted by molar-refractivity contribution is 6.30. The van der Waals surface area contributed by atoms with Crippen molar-refractivity contribution in [3.05, 3.63) is 65.2 Å². The number of amides is 1. The van der Waals surface area contributed by atoms with Crippen LogP contribution < -0.4 is 10.1 Å². The summed E-state index contributed by atoms with van der Waals surface area (Å²) in [5, 5.41) is 3.35. The molecule has 0 saturated heterocycles. The van der Waals surface area contributed by atoms with E-state index in [1.54, 1.807) is 31.2 Å². The van der Waals surface area contributed by atoms with E-state index < -0.39 is 12.1 Å². The zero-order valence-corrected chi connectivity index (χ0v) is 14.8. The molecular weight excluding hydrogens is 342 g/mol. The average Bonchev–Trinajstić information content (AvgIpc) is 2.62. The van der Waals surface area contributed by atoms with E-state index in [0.717, 1.165) is 5.56 Å². The first-order valence-electron chi connectivity index (χ1n) is 7.89. The molecule has 0 heterocycles. The Labute approximate surface area is 151 Å². The minimum absolute atomic E-state index is 0.171. The smallest absolute Gasteiger partial charge is 0.347 e. The maximum Gasteiger partial charge on any atom is 0.347 e. The van der Waals surface area contributed by atoms with Crippen molar-refractivity contribution in [2.24, 2.45) is 0 Å². The summed E-state index contributed by atoms with van der Waals surface area (Å²) in [6.45, 7) is 3.06. The minimum Gasteiger partial charge on any atom is -0.479 e. The number of esters is 1. The highest BCUT2D eigenvalue weighted by Crippen LogP contribution is 2.17. The molecule has 2 atom stereocenters. The van der Waals surface area contributed by atoms with Gasteiger partial charge in [-0.2, -0.15) is 0 Å². The lowest BCUT2D eigenvalue weighted by Gasteiger charge is -2.16. The van der Waals surface area contributed by atoms with Gasteiger partial charge in [-0.25, -0.2) is 4.79 Å². The Bertz CT molecular complexity index is 703. The zero-order valence-electron chi connectivity index (χ0n) is 14.1. The topological polar surface area (TPSA) is 64.6 Å². The molecule has 132 valence electrons. The summed E-state index contributed by atoms with van der Waals surface area (Å²) in [5.74, 6) is -0.489. The van der Waals surface area contributed by atoms with Gasteiger partial charge in [-0.1, -0.05) is 41.9 Å². The Morgan fingerprint density at radius 3 is 2.32 bits per heavy atom. The highest BCUT2D eigenvalue weighted by Gasteiger charge is 2.18. The van der Waals surface area contributed by atoms with Crippen LogP contribution in [0.2, 0.25) is 5.02 Å². The first-order valence-corrected chi connectivity index (χ1v) is 8.26. The molecule has 0 unspecified atom stereocenters. The molecule has 0 aliphatic rings. The fourth-order valence-electron chi connectivity index (χ4n) is 2.13. The van der Waals surface area contributed by atoms with Crippen LogP contribution in [0.5, 0.6) is 5.75 Å². The number of benzene rings is 2. The van der Waals surface area contributed by atoms with E-state index in [4.69, 9.17) is 21.1 Å². The summed E-state index contributed by atoms with van der Waals surface area (Å²) in [5.41, 5.74) is 0.974. The van der Waals surface area contributed by atoms with Gasteiger partial charge in [0, 0.05) is 5.02 Å². The Morgan fingerprint density at radius 1 is 1.04 bits per heavy atom. The summed E-state index contributed by atoms with van der Waals surface area (Å²) in [4.78, 5) is 23.8. The zero-order chi connectivity index (χ0) is 18.2. The van der Waals surface area contributed by atoms with Crippen LogP contribution in [-0.4, -0.2) is 24.6 Å². The van der Waals surface area contributed by atoms with Crippen molar-refractivity contribution >= 4 is 23.5 Å². The molecule has 0 aliphatic heterocycles. The lowest BCUT2D eigenvalue weighted by atomic mass is 10.1. The van der Waals surface area contributed by atoms with Gasteiger partial charge in [0.1, 0.15) is 5.75 Å². The molecule has 0 saturated carbocycles. The molecule has 0 spiro atoms. The third-order valence-electron chi connectivity index (χ3n) is 3.48. The van der Waals surface area contributed by atoms with E-state index in [0.29, 0.717) is 10.8 Å². The molecule has 2 rings (SSSR count). The van der Waals surface area contributed by atoms with Gasteiger partial charge in [0.05, 0.1) is 6.04 Å². The van der Waals surface area contributed by atoms with E-state index in [2.05, 4.69) is 5.32 Å². The van der Waals surface area contributed by atoms with Crippen LogP contribution in [0.3, 0.4) is 0 Å². The van der Waals surface area contributed by atoms with Gasteiger partial charge in [0.25, 0.3) is 5.91 Å². The van der Waals surface area contributed by atoms with Crippen molar-refractivity contribution in [2.45, 2.75) is 26.0 Å². The van der Waals surface area contributed by atoms with Gasteiger partial charge in [-0.05, 0) is 43.7 Å². The second-order valence-electron chi connectivity index (χ2n) is 5.52. The van der Waals surface area contributed by atoms with Gasteiger partial charge >= 0.3 is 5.97 Å². The molecule has 2 aromatic carbocycles. The number of carbonyl (C=O) groups is 2. The lowest BCUT2D eigenvalue weighted by molar-refractivity contribution is -0.154. The molecule has 0 bridgehead atoms. The van der Waals surface area contributed by atoms with Crippen LogP contribution in [-0.2, 0) is 14.3 Å². The van der Waals surface area contributed by atoms with Crippen molar-refractivity contribution in [3.8, 4) is 5.75 Å². The Hall–Kier alpha value is -2.53. The summed E-state index contributed by atoms with van der Waals surface area (Å²) < 4.78 is 10.4. The lowest BCUT2D eigenvalue weighted by Crippen LogP contribution is -2.34. The minimum atomic E-state index is -0.833. The maximum absolute atomic E-state index is 11.9. The van der Waals surface area contributed by atoms with Crippen LogP contribution in [0.4, 0.5) is 0 Å². The van der Waals surface area contributed by atoms with Crippen molar-refractivity contribution in [1.82, 2.24) is 5.32 Å². The van der Waals surface area contributed by atoms with E-state index in [1.807, 2.05) is 37.3 Å². The van der Waals surface area contributed by atoms with E-state index in [9.17, 15) is 9.59 Å². The maximum atomic E-state index is 11.9. The number of halogens is 1. The molecule has 5 nitrogen and oxygen atoms in total. The normalized spacial score (nSPS) is 12.8. The highest BCUT2D eigenvalue weighted by atomic mass is 35.5. The molecule has 25 heavy (non-hydrogen) atoms. The molecule has 1 N–H and O–H groups in total. The van der Waals surface area contributed by atoms with E-state index >= 15 is 0 Å². The van der Waals surface area contributed by atoms with Crippen molar-refractivity contribution in [2.75, 3.05) is 6.61 Å². The van der Waals surface area contributed by atoms with Crippen LogP contribution in [0.1, 0.15) is 25.5 Å². The van der Waals surface area contributed by atoms with E-state index in [1.165, 1.54) is 0 Å². The predicted octanol–water partition coefficient (Wildman–Crippen LogP) is 3.53. The average molecular weight is 362 g/mol. The molecule has 2 aromatic rings. The molecule has 6 heteroatoms. The van der Waals surface area contributed by atoms with Crippen LogP contribution in [0, 0.1) is 0 Å². The number of hydrogen-bond acceptors (Lipinski definition) is 4. The fraction of sp³-hybridized carbons (Fsp3) is 0.263. The number of nitrogens with one attached hydrogen (secondary N) is 1. The van der Waals surface area contributed by atoms with Crippen LogP contribution >= 0.6 is 11.6 Å².